The number of anilines is 1. The molecule has 0 saturated carbocycles. The Morgan fingerprint density at radius 2 is 2.17 bits per heavy atom. The van der Waals surface area contributed by atoms with E-state index in [1.54, 1.807) is 0 Å². The number of nitrogens with one attached hydrogen (secondary N) is 1. The van der Waals surface area contributed by atoms with E-state index in [9.17, 15) is 22.8 Å². The summed E-state index contributed by atoms with van der Waals surface area (Å²) >= 11 is 0. The third kappa shape index (κ3) is 4.70. The lowest BCUT2D eigenvalue weighted by atomic mass is 10.1. The number of nitrogens with zero attached hydrogens (tertiary/aromatic N) is 3. The fourth-order valence-corrected chi connectivity index (χ4v) is 2.34. The molecule has 0 spiro atoms. The molecule has 0 bridgehead atoms. The van der Waals surface area contributed by atoms with Crippen molar-refractivity contribution in [2.24, 2.45) is 11.8 Å². The van der Waals surface area contributed by atoms with Crippen molar-refractivity contribution in [3.8, 4) is 0 Å². The van der Waals surface area contributed by atoms with Crippen LogP contribution in [0.5, 0.6) is 0 Å². The van der Waals surface area contributed by atoms with Gasteiger partial charge in [0, 0.05) is 25.7 Å². The minimum atomic E-state index is -4.38. The Hall–Kier alpha value is -2.06. The zero-order valence-electron chi connectivity index (χ0n) is 12.9. The van der Waals surface area contributed by atoms with Gasteiger partial charge in [-0.15, -0.1) is 0 Å². The van der Waals surface area contributed by atoms with Crippen LogP contribution in [0.1, 0.15) is 20.3 Å². The Labute approximate surface area is 131 Å². The first-order valence-corrected chi connectivity index (χ1v) is 7.33. The van der Waals surface area contributed by atoms with E-state index in [0.29, 0.717) is 12.5 Å². The first-order valence-electron chi connectivity index (χ1n) is 7.33. The molecule has 2 rings (SSSR count). The quantitative estimate of drug-likeness (QED) is 0.890. The molecule has 1 saturated heterocycles. The molecule has 1 aromatic rings. The van der Waals surface area contributed by atoms with Gasteiger partial charge in [-0.25, -0.2) is 0 Å². The largest absolute Gasteiger partial charge is 0.408 e. The number of hydrogen-bond donors (Lipinski definition) is 1. The predicted octanol–water partition coefficient (Wildman–Crippen LogP) is 1.57. The van der Waals surface area contributed by atoms with Crippen molar-refractivity contribution < 1.29 is 22.8 Å². The average molecular weight is 332 g/mol. The second kappa shape index (κ2) is 6.59. The summed E-state index contributed by atoms with van der Waals surface area (Å²) in [6, 6.07) is 0. The minimum Gasteiger partial charge on any atom is -0.356 e. The van der Waals surface area contributed by atoms with Crippen LogP contribution in [-0.2, 0) is 16.1 Å². The van der Waals surface area contributed by atoms with E-state index >= 15 is 0 Å². The van der Waals surface area contributed by atoms with Crippen molar-refractivity contribution in [1.29, 1.82) is 0 Å². The van der Waals surface area contributed by atoms with Crippen LogP contribution in [0.2, 0.25) is 0 Å². The molecule has 1 aliphatic heterocycles. The second-order valence-corrected chi connectivity index (χ2v) is 6.06. The van der Waals surface area contributed by atoms with Crippen LogP contribution in [0.3, 0.4) is 0 Å². The Morgan fingerprint density at radius 1 is 1.48 bits per heavy atom. The number of amides is 2. The van der Waals surface area contributed by atoms with Crippen LogP contribution in [0.15, 0.2) is 12.4 Å². The van der Waals surface area contributed by atoms with E-state index in [2.05, 4.69) is 10.4 Å². The number of alkyl halides is 3. The van der Waals surface area contributed by atoms with E-state index < -0.39 is 18.6 Å². The van der Waals surface area contributed by atoms with Crippen LogP contribution in [0.25, 0.3) is 0 Å². The van der Waals surface area contributed by atoms with Crippen LogP contribution in [-0.4, -0.2) is 40.9 Å². The smallest absolute Gasteiger partial charge is 0.356 e. The highest BCUT2D eigenvalue weighted by Crippen LogP contribution is 2.26. The predicted molar refractivity (Wildman–Crippen MR) is 76.6 cm³/mol. The van der Waals surface area contributed by atoms with E-state index in [0.717, 1.165) is 4.68 Å². The lowest BCUT2D eigenvalue weighted by Gasteiger charge is -2.15. The highest BCUT2D eigenvalue weighted by Gasteiger charge is 2.36. The molecule has 1 atom stereocenters. The van der Waals surface area contributed by atoms with E-state index in [1.165, 1.54) is 17.3 Å². The van der Waals surface area contributed by atoms with Gasteiger partial charge in [-0.3, -0.25) is 14.3 Å². The molecule has 128 valence electrons. The van der Waals surface area contributed by atoms with E-state index in [-0.39, 0.29) is 30.5 Å². The highest BCUT2D eigenvalue weighted by atomic mass is 19.4. The van der Waals surface area contributed by atoms with Crippen molar-refractivity contribution >= 4 is 17.5 Å². The summed E-state index contributed by atoms with van der Waals surface area (Å²) in [6.45, 7) is 3.38. The van der Waals surface area contributed by atoms with Crippen LogP contribution in [0.4, 0.5) is 18.9 Å². The van der Waals surface area contributed by atoms with Gasteiger partial charge >= 0.3 is 6.18 Å². The number of carbonyl (C=O) groups is 2. The van der Waals surface area contributed by atoms with Gasteiger partial charge in [0.25, 0.3) is 0 Å². The molecule has 1 N–H and O–H groups in total. The molecule has 9 heteroatoms. The molecule has 0 aromatic carbocycles. The Morgan fingerprint density at radius 3 is 2.78 bits per heavy atom. The summed E-state index contributed by atoms with van der Waals surface area (Å²) in [7, 11) is 0. The van der Waals surface area contributed by atoms with Gasteiger partial charge in [-0.2, -0.15) is 18.3 Å². The molecule has 0 aliphatic carbocycles. The van der Waals surface area contributed by atoms with Crippen molar-refractivity contribution in [3.05, 3.63) is 12.4 Å². The molecule has 23 heavy (non-hydrogen) atoms. The van der Waals surface area contributed by atoms with Crippen molar-refractivity contribution in [2.45, 2.75) is 33.0 Å². The van der Waals surface area contributed by atoms with Crippen LogP contribution in [0, 0.1) is 11.8 Å². The third-order valence-corrected chi connectivity index (χ3v) is 3.45. The highest BCUT2D eigenvalue weighted by molar-refractivity contribution is 6.00. The van der Waals surface area contributed by atoms with Crippen LogP contribution >= 0.6 is 0 Å². The van der Waals surface area contributed by atoms with Crippen LogP contribution < -0.4 is 10.2 Å². The zero-order valence-corrected chi connectivity index (χ0v) is 12.9. The summed E-state index contributed by atoms with van der Waals surface area (Å²) in [6.07, 6.45) is -1.95. The maximum atomic E-state index is 12.3. The molecular weight excluding hydrogens is 313 g/mol. The molecule has 0 unspecified atom stereocenters. The van der Waals surface area contributed by atoms with Crippen molar-refractivity contribution in [3.63, 3.8) is 0 Å². The zero-order chi connectivity index (χ0) is 17.2. The lowest BCUT2D eigenvalue weighted by molar-refractivity contribution is -0.142. The van der Waals surface area contributed by atoms with Crippen molar-refractivity contribution in [1.82, 2.24) is 15.1 Å². The van der Waals surface area contributed by atoms with Crippen molar-refractivity contribution in [2.75, 3.05) is 18.0 Å². The van der Waals surface area contributed by atoms with Gasteiger partial charge in [0.2, 0.25) is 11.8 Å². The summed E-state index contributed by atoms with van der Waals surface area (Å²) in [5.41, 5.74) is 0.276. The molecule has 1 aromatic heterocycles. The van der Waals surface area contributed by atoms with Gasteiger partial charge in [0.1, 0.15) is 6.54 Å². The molecule has 2 heterocycles. The second-order valence-electron chi connectivity index (χ2n) is 6.06. The van der Waals surface area contributed by atoms with Gasteiger partial charge in [-0.1, -0.05) is 13.8 Å². The molecule has 1 aliphatic rings. The first kappa shape index (κ1) is 17.3. The Kier molecular flexibility index (Phi) is 4.96. The normalized spacial score (nSPS) is 18.8. The van der Waals surface area contributed by atoms with Gasteiger partial charge < -0.3 is 10.2 Å². The summed E-state index contributed by atoms with van der Waals surface area (Å²) in [5, 5.41) is 6.38. The number of rotatable bonds is 5. The number of aromatic nitrogens is 2. The Balaban J connectivity index is 1.99. The molecule has 6 nitrogen and oxygen atoms in total. The van der Waals surface area contributed by atoms with Gasteiger partial charge in [0.05, 0.1) is 17.8 Å². The summed E-state index contributed by atoms with van der Waals surface area (Å²) < 4.78 is 37.7. The number of halogens is 3. The molecule has 0 radical (unpaired) electrons. The topological polar surface area (TPSA) is 67.2 Å². The standard InChI is InChI=1S/C14H19F3N4O2/c1-9(2)4-18-13(23)10-3-12(22)21(6-10)11-5-19-20(7-11)8-14(15,16)17/h5,7,9-10H,3-4,6,8H2,1-2H3,(H,18,23)/t10-/m1/s1. The third-order valence-electron chi connectivity index (χ3n) is 3.45. The molecular formula is C14H19F3N4O2. The average Bonchev–Trinajstić information content (AvgIpc) is 3.00. The fraction of sp³-hybridized carbons (Fsp3) is 0.643. The monoisotopic (exact) mass is 332 g/mol. The van der Waals surface area contributed by atoms with Gasteiger partial charge in [-0.05, 0) is 5.92 Å². The molecule has 2 amide bonds. The number of carbonyl (C=O) groups excluding carboxylic acids is 2. The molecule has 1 fully saturated rings. The lowest BCUT2D eigenvalue weighted by Crippen LogP contribution is -2.34. The maximum Gasteiger partial charge on any atom is 0.408 e. The van der Waals surface area contributed by atoms with E-state index in [1.807, 2.05) is 13.8 Å². The Bertz CT molecular complexity index is 583. The van der Waals surface area contributed by atoms with Gasteiger partial charge in [0.15, 0.2) is 0 Å². The summed E-state index contributed by atoms with van der Waals surface area (Å²) in [4.78, 5) is 25.3. The van der Waals surface area contributed by atoms with E-state index in [4.69, 9.17) is 0 Å². The summed E-state index contributed by atoms with van der Waals surface area (Å²) in [5.74, 6) is -0.696. The maximum absolute atomic E-state index is 12.3. The minimum absolute atomic E-state index is 0.0500. The first-order chi connectivity index (χ1) is 10.7. The SMILES string of the molecule is CC(C)CNC(=O)[C@@H]1CC(=O)N(c2cnn(CC(F)(F)F)c2)C1. The fourth-order valence-electron chi connectivity index (χ4n) is 2.34. The number of hydrogen-bond acceptors (Lipinski definition) is 3.